The van der Waals surface area contributed by atoms with Crippen LogP contribution in [0.1, 0.15) is 50.4 Å². The molecule has 0 aromatic heterocycles. The molecule has 0 heterocycles. The lowest BCUT2D eigenvalue weighted by atomic mass is 10.2. The number of thiol groups is 1. The first-order chi connectivity index (χ1) is 8.11. The molecule has 0 spiro atoms. The summed E-state index contributed by atoms with van der Waals surface area (Å²) in [5.74, 6) is 0. The number of unbranched alkanes of at least 4 members (excludes halogenated alkanes) is 1. The van der Waals surface area contributed by atoms with Gasteiger partial charge in [-0.3, -0.25) is 4.79 Å². The first kappa shape index (κ1) is 16.0. The van der Waals surface area contributed by atoms with E-state index in [0.717, 1.165) is 0 Å². The highest BCUT2D eigenvalue weighted by Gasteiger charge is 1.94. The molecule has 0 aliphatic heterocycles. The SMILES string of the molecule is CCCC=C(C)CC.O=C(S)c1ccccc1. The monoisotopic (exact) mass is 250 g/mol. The van der Waals surface area contributed by atoms with Crippen molar-refractivity contribution in [1.29, 1.82) is 0 Å². The van der Waals surface area contributed by atoms with Gasteiger partial charge < -0.3 is 0 Å². The minimum atomic E-state index is -0.185. The van der Waals surface area contributed by atoms with Gasteiger partial charge in [-0.25, -0.2) is 0 Å². The summed E-state index contributed by atoms with van der Waals surface area (Å²) < 4.78 is 0. The van der Waals surface area contributed by atoms with Crippen molar-refractivity contribution in [1.82, 2.24) is 0 Å². The molecule has 1 aromatic carbocycles. The van der Waals surface area contributed by atoms with Crippen molar-refractivity contribution in [2.24, 2.45) is 0 Å². The van der Waals surface area contributed by atoms with E-state index >= 15 is 0 Å². The highest BCUT2D eigenvalue weighted by Crippen LogP contribution is 2.01. The number of hydrogen-bond donors (Lipinski definition) is 1. The molecule has 94 valence electrons. The Balaban J connectivity index is 0.000000304. The van der Waals surface area contributed by atoms with Gasteiger partial charge in [0, 0.05) is 5.56 Å². The van der Waals surface area contributed by atoms with Crippen LogP contribution in [0.5, 0.6) is 0 Å². The molecule has 17 heavy (non-hydrogen) atoms. The van der Waals surface area contributed by atoms with Crippen molar-refractivity contribution >= 4 is 17.7 Å². The standard InChI is InChI=1S/C8H16.C7H6OS/c1-4-6-7-8(3)5-2;8-7(9)6-4-2-1-3-5-6/h7H,4-6H2,1-3H3;1-5H,(H,8,9). The molecular formula is C15H22OS. The van der Waals surface area contributed by atoms with Crippen molar-refractivity contribution in [3.8, 4) is 0 Å². The van der Waals surface area contributed by atoms with E-state index in [4.69, 9.17) is 0 Å². The summed E-state index contributed by atoms with van der Waals surface area (Å²) >= 11 is 3.65. The van der Waals surface area contributed by atoms with Gasteiger partial charge in [-0.05, 0) is 19.8 Å². The average Bonchev–Trinajstić information content (AvgIpc) is 2.37. The fourth-order valence-electron chi connectivity index (χ4n) is 1.12. The van der Waals surface area contributed by atoms with Crippen LogP contribution in [0.25, 0.3) is 0 Å². The number of benzene rings is 1. The summed E-state index contributed by atoms with van der Waals surface area (Å²) in [4.78, 5) is 10.5. The highest BCUT2D eigenvalue weighted by atomic mass is 32.1. The van der Waals surface area contributed by atoms with E-state index in [1.807, 2.05) is 18.2 Å². The molecular weight excluding hydrogens is 228 g/mol. The topological polar surface area (TPSA) is 17.1 Å². The van der Waals surface area contributed by atoms with Crippen LogP contribution < -0.4 is 0 Å². The normalized spacial score (nSPS) is 10.5. The van der Waals surface area contributed by atoms with Gasteiger partial charge in [0.1, 0.15) is 0 Å². The van der Waals surface area contributed by atoms with Crippen LogP contribution in [0.4, 0.5) is 0 Å². The summed E-state index contributed by atoms with van der Waals surface area (Å²) in [5, 5.41) is -0.185. The van der Waals surface area contributed by atoms with Crippen LogP contribution >= 0.6 is 12.6 Å². The molecule has 1 nitrogen and oxygen atoms in total. The van der Waals surface area contributed by atoms with Gasteiger partial charge in [0.05, 0.1) is 0 Å². The van der Waals surface area contributed by atoms with Crippen LogP contribution in [-0.4, -0.2) is 5.12 Å². The Labute approximate surface area is 110 Å². The predicted molar refractivity (Wildman–Crippen MR) is 78.7 cm³/mol. The molecule has 1 aromatic rings. The lowest BCUT2D eigenvalue weighted by molar-refractivity contribution is 0.109. The Kier molecular flexibility index (Phi) is 9.55. The van der Waals surface area contributed by atoms with E-state index < -0.39 is 0 Å². The molecule has 0 atom stereocenters. The molecule has 0 amide bonds. The molecule has 0 saturated heterocycles. The maximum atomic E-state index is 10.5. The van der Waals surface area contributed by atoms with E-state index in [0.29, 0.717) is 5.56 Å². The second-order valence-corrected chi connectivity index (χ2v) is 4.27. The van der Waals surface area contributed by atoms with Crippen molar-refractivity contribution in [3.05, 3.63) is 47.5 Å². The zero-order chi connectivity index (χ0) is 13.1. The first-order valence-corrected chi connectivity index (χ1v) is 6.50. The molecule has 0 unspecified atom stereocenters. The minimum absolute atomic E-state index is 0.185. The van der Waals surface area contributed by atoms with Gasteiger partial charge in [-0.1, -0.05) is 62.2 Å². The fourth-order valence-corrected chi connectivity index (χ4v) is 1.26. The Hall–Kier alpha value is -1.02. The zero-order valence-electron chi connectivity index (χ0n) is 10.9. The lowest BCUT2D eigenvalue weighted by Crippen LogP contribution is -1.84. The van der Waals surface area contributed by atoms with Crippen molar-refractivity contribution in [2.45, 2.75) is 40.0 Å². The van der Waals surface area contributed by atoms with Gasteiger partial charge in [0.15, 0.2) is 0 Å². The van der Waals surface area contributed by atoms with Crippen molar-refractivity contribution in [2.75, 3.05) is 0 Å². The van der Waals surface area contributed by atoms with Crippen LogP contribution in [0.15, 0.2) is 42.0 Å². The second kappa shape index (κ2) is 10.2. The van der Waals surface area contributed by atoms with Gasteiger partial charge in [-0.15, -0.1) is 12.6 Å². The molecule has 2 heteroatoms. The van der Waals surface area contributed by atoms with E-state index in [1.54, 1.807) is 12.1 Å². The number of carbonyl (C=O) groups excluding carboxylic acids is 1. The van der Waals surface area contributed by atoms with Gasteiger partial charge in [0.25, 0.3) is 0 Å². The van der Waals surface area contributed by atoms with Gasteiger partial charge in [0.2, 0.25) is 5.12 Å². The molecule has 0 bridgehead atoms. The quantitative estimate of drug-likeness (QED) is 0.594. The highest BCUT2D eigenvalue weighted by molar-refractivity contribution is 7.97. The third kappa shape index (κ3) is 8.75. The van der Waals surface area contributed by atoms with E-state index in [2.05, 4.69) is 39.5 Å². The Morgan fingerprint density at radius 1 is 1.24 bits per heavy atom. The molecule has 1 rings (SSSR count). The Bertz CT molecular complexity index is 341. The van der Waals surface area contributed by atoms with E-state index in [-0.39, 0.29) is 5.12 Å². The smallest absolute Gasteiger partial charge is 0.216 e. The van der Waals surface area contributed by atoms with Crippen LogP contribution in [0, 0.1) is 0 Å². The van der Waals surface area contributed by atoms with Gasteiger partial charge in [-0.2, -0.15) is 0 Å². The summed E-state index contributed by atoms with van der Waals surface area (Å²) in [6.45, 7) is 6.59. The minimum Gasteiger partial charge on any atom is -0.282 e. The summed E-state index contributed by atoms with van der Waals surface area (Å²) in [6, 6.07) is 8.94. The third-order valence-electron chi connectivity index (χ3n) is 2.36. The summed E-state index contributed by atoms with van der Waals surface area (Å²) in [7, 11) is 0. The fraction of sp³-hybridized carbons (Fsp3) is 0.400. The van der Waals surface area contributed by atoms with E-state index in [1.165, 1.54) is 24.8 Å². The first-order valence-electron chi connectivity index (χ1n) is 6.05. The molecule has 0 radical (unpaired) electrons. The lowest BCUT2D eigenvalue weighted by Gasteiger charge is -1.91. The molecule has 0 fully saturated rings. The maximum absolute atomic E-state index is 10.5. The maximum Gasteiger partial charge on any atom is 0.216 e. The van der Waals surface area contributed by atoms with Crippen LogP contribution in [0.3, 0.4) is 0 Å². The van der Waals surface area contributed by atoms with Gasteiger partial charge >= 0.3 is 0 Å². The third-order valence-corrected chi connectivity index (χ3v) is 2.62. The van der Waals surface area contributed by atoms with Crippen molar-refractivity contribution < 1.29 is 4.79 Å². The number of allylic oxidation sites excluding steroid dienone is 2. The molecule has 0 aliphatic rings. The second-order valence-electron chi connectivity index (χ2n) is 3.86. The summed E-state index contributed by atoms with van der Waals surface area (Å²) in [6.07, 6.45) is 6.05. The van der Waals surface area contributed by atoms with Crippen molar-refractivity contribution in [3.63, 3.8) is 0 Å². The Morgan fingerprint density at radius 3 is 2.18 bits per heavy atom. The zero-order valence-corrected chi connectivity index (χ0v) is 11.8. The number of rotatable bonds is 4. The molecule has 0 aliphatic carbocycles. The Morgan fingerprint density at radius 2 is 1.82 bits per heavy atom. The number of carbonyl (C=O) groups is 1. The molecule has 0 saturated carbocycles. The van der Waals surface area contributed by atoms with E-state index in [9.17, 15) is 4.79 Å². The summed E-state index contributed by atoms with van der Waals surface area (Å²) in [5.41, 5.74) is 2.16. The number of hydrogen-bond acceptors (Lipinski definition) is 1. The van der Waals surface area contributed by atoms with Crippen LogP contribution in [-0.2, 0) is 0 Å². The largest absolute Gasteiger partial charge is 0.282 e. The predicted octanol–water partition coefficient (Wildman–Crippen LogP) is 4.90. The average molecular weight is 250 g/mol. The van der Waals surface area contributed by atoms with Crippen LogP contribution in [0.2, 0.25) is 0 Å². The molecule has 0 N–H and O–H groups in total.